The van der Waals surface area contributed by atoms with Gasteiger partial charge in [-0.15, -0.1) is 24.0 Å². The fourth-order valence-corrected chi connectivity index (χ4v) is 3.70. The summed E-state index contributed by atoms with van der Waals surface area (Å²) < 4.78 is 10.8. The molecule has 2 heterocycles. The first-order valence-electron chi connectivity index (χ1n) is 10.3. The summed E-state index contributed by atoms with van der Waals surface area (Å²) >= 11 is 0. The van der Waals surface area contributed by atoms with Crippen molar-refractivity contribution in [3.8, 4) is 11.5 Å². The van der Waals surface area contributed by atoms with Gasteiger partial charge in [-0.05, 0) is 70.2 Å². The number of nitrogens with zero attached hydrogens (tertiary/aromatic N) is 2. The molecule has 0 aliphatic carbocycles. The first kappa shape index (κ1) is 23.1. The summed E-state index contributed by atoms with van der Waals surface area (Å²) in [5, 5.41) is 6.83. The molecule has 1 fully saturated rings. The van der Waals surface area contributed by atoms with E-state index in [1.165, 1.54) is 24.9 Å². The van der Waals surface area contributed by atoms with Gasteiger partial charge in [-0.25, -0.2) is 0 Å². The number of piperidine rings is 1. The van der Waals surface area contributed by atoms with E-state index in [0.29, 0.717) is 18.8 Å². The van der Waals surface area contributed by atoms with E-state index in [1.807, 2.05) is 6.07 Å². The van der Waals surface area contributed by atoms with Gasteiger partial charge >= 0.3 is 0 Å². The summed E-state index contributed by atoms with van der Waals surface area (Å²) in [5.74, 6) is 3.26. The molecular formula is C21H35IN4O2. The highest BCUT2D eigenvalue weighted by molar-refractivity contribution is 14.0. The molecule has 0 aromatic heterocycles. The Balaban J connectivity index is 0.00000280. The second-order valence-electron chi connectivity index (χ2n) is 7.68. The fraction of sp³-hybridized carbons (Fsp3) is 0.667. The highest BCUT2D eigenvalue weighted by atomic mass is 127. The molecule has 7 heteroatoms. The minimum absolute atomic E-state index is 0. The Morgan fingerprint density at radius 1 is 1.25 bits per heavy atom. The number of hydrogen-bond donors (Lipinski definition) is 2. The van der Waals surface area contributed by atoms with Crippen LogP contribution in [-0.4, -0.2) is 56.4 Å². The lowest BCUT2D eigenvalue weighted by molar-refractivity contribution is 0.143. The number of guanidine groups is 1. The van der Waals surface area contributed by atoms with Gasteiger partial charge < -0.3 is 25.0 Å². The number of benzene rings is 1. The maximum atomic E-state index is 5.45. The summed E-state index contributed by atoms with van der Waals surface area (Å²) in [7, 11) is 0. The number of likely N-dealkylation sites (tertiary alicyclic amines) is 1. The predicted molar refractivity (Wildman–Crippen MR) is 125 cm³/mol. The number of hydrogen-bond acceptors (Lipinski definition) is 4. The van der Waals surface area contributed by atoms with Gasteiger partial charge in [0, 0.05) is 32.2 Å². The number of nitrogens with one attached hydrogen (secondary N) is 2. The molecule has 2 aliphatic heterocycles. The molecular weight excluding hydrogens is 467 g/mol. The van der Waals surface area contributed by atoms with Crippen molar-refractivity contribution < 1.29 is 9.47 Å². The van der Waals surface area contributed by atoms with Gasteiger partial charge in [0.15, 0.2) is 17.5 Å². The van der Waals surface area contributed by atoms with Crippen LogP contribution in [0.3, 0.4) is 0 Å². The Morgan fingerprint density at radius 2 is 2.07 bits per heavy atom. The molecule has 158 valence electrons. The Morgan fingerprint density at radius 3 is 2.86 bits per heavy atom. The van der Waals surface area contributed by atoms with Gasteiger partial charge in [0.25, 0.3) is 0 Å². The highest BCUT2D eigenvalue weighted by Crippen LogP contribution is 2.32. The molecule has 1 aromatic carbocycles. The van der Waals surface area contributed by atoms with Gasteiger partial charge in [-0.1, -0.05) is 6.07 Å². The van der Waals surface area contributed by atoms with Crippen LogP contribution in [0.4, 0.5) is 0 Å². The smallest absolute Gasteiger partial charge is 0.231 e. The third-order valence-corrected chi connectivity index (χ3v) is 5.28. The topological polar surface area (TPSA) is 58.1 Å². The first-order valence-corrected chi connectivity index (χ1v) is 10.3. The molecule has 0 amide bonds. The molecule has 0 spiro atoms. The summed E-state index contributed by atoms with van der Waals surface area (Å²) in [6, 6.07) is 6.78. The summed E-state index contributed by atoms with van der Waals surface area (Å²) in [4.78, 5) is 7.42. The molecule has 0 saturated carbocycles. The quantitative estimate of drug-likeness (QED) is 0.341. The van der Waals surface area contributed by atoms with Gasteiger partial charge in [0.2, 0.25) is 6.79 Å². The lowest BCUT2D eigenvalue weighted by Crippen LogP contribution is -2.42. The Bertz CT molecular complexity index is 639. The van der Waals surface area contributed by atoms with Crippen LogP contribution in [0.15, 0.2) is 23.2 Å². The van der Waals surface area contributed by atoms with Crippen LogP contribution in [0, 0.1) is 5.92 Å². The second kappa shape index (κ2) is 11.7. The van der Waals surface area contributed by atoms with E-state index in [2.05, 4.69) is 48.4 Å². The van der Waals surface area contributed by atoms with Crippen molar-refractivity contribution in [1.82, 2.24) is 15.5 Å². The Kier molecular flexibility index (Phi) is 9.64. The molecule has 1 saturated heterocycles. The zero-order chi connectivity index (χ0) is 19.1. The standard InChI is InChI=1S/C21H34N4O2.HI/c1-4-22-21(24-13-18-6-5-11-25(14-18)16(2)3)23-10-9-17-7-8-19-20(12-17)27-15-26-19;/h7-8,12,16,18H,4-6,9-11,13-15H2,1-3H3,(H2,22,23,24);1H. The van der Waals surface area contributed by atoms with E-state index >= 15 is 0 Å². The van der Waals surface area contributed by atoms with Crippen molar-refractivity contribution in [3.63, 3.8) is 0 Å². The zero-order valence-electron chi connectivity index (χ0n) is 17.4. The number of rotatable bonds is 7. The van der Waals surface area contributed by atoms with Gasteiger partial charge in [-0.3, -0.25) is 4.99 Å². The molecule has 6 nitrogen and oxygen atoms in total. The SMILES string of the molecule is CCNC(=NCC1CCCN(C(C)C)C1)NCCc1ccc2c(c1)OCO2.I. The minimum Gasteiger partial charge on any atom is -0.454 e. The maximum absolute atomic E-state index is 5.45. The minimum atomic E-state index is 0. The van der Waals surface area contributed by atoms with Crippen molar-refractivity contribution in [2.24, 2.45) is 10.9 Å². The van der Waals surface area contributed by atoms with Crippen LogP contribution in [0.2, 0.25) is 0 Å². The average Bonchev–Trinajstić information content (AvgIpc) is 3.14. The largest absolute Gasteiger partial charge is 0.454 e. The molecule has 1 aromatic rings. The van der Waals surface area contributed by atoms with E-state index in [0.717, 1.165) is 50.1 Å². The van der Waals surface area contributed by atoms with Crippen molar-refractivity contribution in [1.29, 1.82) is 0 Å². The second-order valence-corrected chi connectivity index (χ2v) is 7.68. The first-order chi connectivity index (χ1) is 13.2. The maximum Gasteiger partial charge on any atom is 0.231 e. The Labute approximate surface area is 186 Å². The highest BCUT2D eigenvalue weighted by Gasteiger charge is 2.21. The summed E-state index contributed by atoms with van der Waals surface area (Å²) in [5.41, 5.74) is 1.24. The molecule has 1 unspecified atom stereocenters. The van der Waals surface area contributed by atoms with E-state index in [4.69, 9.17) is 14.5 Å². The molecule has 28 heavy (non-hydrogen) atoms. The molecule has 1 atom stereocenters. The molecule has 2 aliphatic rings. The lowest BCUT2D eigenvalue weighted by Gasteiger charge is -2.34. The zero-order valence-corrected chi connectivity index (χ0v) is 19.7. The third-order valence-electron chi connectivity index (χ3n) is 5.28. The Hall–Kier alpha value is -1.22. The number of aliphatic imine (C=N–C) groups is 1. The molecule has 2 N–H and O–H groups in total. The monoisotopic (exact) mass is 502 g/mol. The van der Waals surface area contributed by atoms with E-state index < -0.39 is 0 Å². The number of ether oxygens (including phenoxy) is 2. The summed E-state index contributed by atoms with van der Waals surface area (Å²) in [6.07, 6.45) is 3.49. The number of halogens is 1. The summed E-state index contributed by atoms with van der Waals surface area (Å²) in [6.45, 7) is 12.0. The lowest BCUT2D eigenvalue weighted by atomic mass is 9.97. The molecule has 0 bridgehead atoms. The normalized spacial score (nSPS) is 19.4. The van der Waals surface area contributed by atoms with Crippen molar-refractivity contribution in [2.75, 3.05) is 39.5 Å². The van der Waals surface area contributed by atoms with Crippen LogP contribution in [0.25, 0.3) is 0 Å². The van der Waals surface area contributed by atoms with E-state index in [-0.39, 0.29) is 24.0 Å². The van der Waals surface area contributed by atoms with E-state index in [9.17, 15) is 0 Å². The van der Waals surface area contributed by atoms with Crippen LogP contribution in [0.5, 0.6) is 11.5 Å². The fourth-order valence-electron chi connectivity index (χ4n) is 3.70. The van der Waals surface area contributed by atoms with Crippen molar-refractivity contribution in [3.05, 3.63) is 23.8 Å². The van der Waals surface area contributed by atoms with Crippen molar-refractivity contribution in [2.45, 2.75) is 46.1 Å². The average molecular weight is 502 g/mol. The van der Waals surface area contributed by atoms with E-state index in [1.54, 1.807) is 0 Å². The van der Waals surface area contributed by atoms with Crippen LogP contribution in [0.1, 0.15) is 39.2 Å². The van der Waals surface area contributed by atoms with Crippen LogP contribution in [-0.2, 0) is 6.42 Å². The van der Waals surface area contributed by atoms with Gasteiger partial charge in [0.1, 0.15) is 0 Å². The molecule has 3 rings (SSSR count). The third kappa shape index (κ3) is 6.69. The number of fused-ring (bicyclic) bond motifs is 1. The van der Waals surface area contributed by atoms with Gasteiger partial charge in [0.05, 0.1) is 0 Å². The van der Waals surface area contributed by atoms with Gasteiger partial charge in [-0.2, -0.15) is 0 Å². The predicted octanol–water partition coefficient (Wildman–Crippen LogP) is 3.25. The molecule has 0 radical (unpaired) electrons. The van der Waals surface area contributed by atoms with Crippen molar-refractivity contribution >= 4 is 29.9 Å². The van der Waals surface area contributed by atoms with Crippen LogP contribution >= 0.6 is 24.0 Å². The van der Waals surface area contributed by atoms with Crippen LogP contribution < -0.4 is 20.1 Å².